The van der Waals surface area contributed by atoms with E-state index in [2.05, 4.69) is 16.0 Å². The van der Waals surface area contributed by atoms with Gasteiger partial charge < -0.3 is 35.6 Å². The largest absolute Gasteiger partial charge is 0.497 e. The average molecular weight is 685 g/mol. The van der Waals surface area contributed by atoms with Crippen molar-refractivity contribution in [2.24, 2.45) is 5.92 Å². The fraction of sp³-hybridized carbons (Fsp3) is 0.324. The molecule has 0 aliphatic carbocycles. The average Bonchev–Trinajstić information content (AvgIpc) is 3.07. The highest BCUT2D eigenvalue weighted by molar-refractivity contribution is 5.98. The van der Waals surface area contributed by atoms with Crippen LogP contribution in [-0.2, 0) is 20.8 Å². The number of hydrogen-bond donors (Lipinski definition) is 5. The molecule has 0 saturated heterocycles. The fourth-order valence-corrected chi connectivity index (χ4v) is 4.70. The first-order valence-corrected chi connectivity index (χ1v) is 14.9. The summed E-state index contributed by atoms with van der Waals surface area (Å²) in [5.74, 6) is -4.20. The first-order valence-electron chi connectivity index (χ1n) is 14.9. The summed E-state index contributed by atoms with van der Waals surface area (Å²) in [7, 11) is 1.40. The van der Waals surface area contributed by atoms with E-state index >= 15 is 0 Å². The summed E-state index contributed by atoms with van der Waals surface area (Å²) < 4.78 is 50.6. The Kier molecular flexibility index (Phi) is 13.1. The van der Waals surface area contributed by atoms with Crippen LogP contribution in [0.2, 0.25) is 0 Å². The number of nitrogens with one attached hydrogen (secondary N) is 3. The zero-order valence-corrected chi connectivity index (χ0v) is 26.7. The molecule has 3 aromatic rings. The van der Waals surface area contributed by atoms with Gasteiger partial charge in [0, 0.05) is 12.0 Å². The number of ether oxygens (including phenoxy) is 2. The fourth-order valence-electron chi connectivity index (χ4n) is 4.70. The van der Waals surface area contributed by atoms with Gasteiger partial charge in [-0.25, -0.2) is 4.79 Å². The molecule has 12 nitrogen and oxygen atoms in total. The number of aliphatic carboxylic acids is 1. The van der Waals surface area contributed by atoms with Gasteiger partial charge in [-0.05, 0) is 65.6 Å². The van der Waals surface area contributed by atoms with Crippen LogP contribution in [0.1, 0.15) is 46.9 Å². The molecule has 49 heavy (non-hydrogen) atoms. The molecular formula is C34H35F3N4O8. The van der Waals surface area contributed by atoms with Gasteiger partial charge in [-0.2, -0.15) is 18.4 Å². The lowest BCUT2D eigenvalue weighted by Gasteiger charge is -2.31. The van der Waals surface area contributed by atoms with Crippen LogP contribution in [0.3, 0.4) is 0 Å². The summed E-state index contributed by atoms with van der Waals surface area (Å²) in [6.07, 6.45) is -8.11. The number of amides is 3. The molecule has 5 N–H and O–H groups in total. The number of rotatable bonds is 15. The van der Waals surface area contributed by atoms with Crippen molar-refractivity contribution in [2.75, 3.05) is 13.7 Å². The molecule has 0 heterocycles. The molecule has 0 aliphatic rings. The Morgan fingerprint density at radius 3 is 2.08 bits per heavy atom. The molecule has 0 unspecified atom stereocenters. The predicted molar refractivity (Wildman–Crippen MR) is 168 cm³/mol. The molecule has 0 radical (unpaired) electrons. The Labute approximate surface area is 279 Å². The Hall–Kier alpha value is -5.62. The minimum atomic E-state index is -5.05. The van der Waals surface area contributed by atoms with Gasteiger partial charge in [-0.15, -0.1) is 0 Å². The molecule has 3 rings (SSSR count). The third-order valence-corrected chi connectivity index (χ3v) is 7.30. The second-order valence-electron chi connectivity index (χ2n) is 11.2. The summed E-state index contributed by atoms with van der Waals surface area (Å²) in [6, 6.07) is 14.7. The maximum Gasteiger partial charge on any atom is 0.416 e. The number of carbonyl (C=O) groups is 4. The minimum absolute atomic E-state index is 0.0663. The van der Waals surface area contributed by atoms with Gasteiger partial charge in [-0.1, -0.05) is 38.1 Å². The third kappa shape index (κ3) is 11.0. The van der Waals surface area contributed by atoms with Crippen LogP contribution in [-0.4, -0.2) is 72.0 Å². The van der Waals surface area contributed by atoms with Crippen LogP contribution in [0, 0.1) is 17.2 Å². The SMILES string of the molecule is COc1ccc([C@H](NC(=O)[C@H](Cc2cccc(C#N)c2)NC(=O)c2ccc(OCC(=O)O)cc2)C(=O)N[C@@H](C(C)C)[C@H](O)C(F)(F)F)cc1. The lowest BCUT2D eigenvalue weighted by Crippen LogP contribution is -2.56. The van der Waals surface area contributed by atoms with Crippen molar-refractivity contribution >= 4 is 23.7 Å². The van der Waals surface area contributed by atoms with E-state index in [4.69, 9.17) is 14.6 Å². The van der Waals surface area contributed by atoms with Crippen LogP contribution in [0.15, 0.2) is 72.8 Å². The van der Waals surface area contributed by atoms with E-state index in [0.717, 1.165) is 0 Å². The quantitative estimate of drug-likeness (QED) is 0.160. The summed E-state index contributed by atoms with van der Waals surface area (Å²) in [5, 5.41) is 35.5. The van der Waals surface area contributed by atoms with Crippen molar-refractivity contribution < 1.29 is 52.0 Å². The maximum atomic E-state index is 13.9. The van der Waals surface area contributed by atoms with Crippen molar-refractivity contribution in [3.8, 4) is 17.6 Å². The number of nitrogens with zero attached hydrogens (tertiary/aromatic N) is 1. The topological polar surface area (TPSA) is 187 Å². The Bertz CT molecular complexity index is 1660. The number of methoxy groups -OCH3 is 1. The molecule has 0 bridgehead atoms. The van der Waals surface area contributed by atoms with E-state index in [9.17, 15) is 42.7 Å². The number of carbonyl (C=O) groups excluding carboxylic acids is 3. The second-order valence-corrected chi connectivity index (χ2v) is 11.2. The first kappa shape index (κ1) is 37.8. The number of aliphatic hydroxyl groups is 1. The van der Waals surface area contributed by atoms with Crippen molar-refractivity contribution in [3.05, 3.63) is 95.1 Å². The Morgan fingerprint density at radius 2 is 1.53 bits per heavy atom. The van der Waals surface area contributed by atoms with Gasteiger partial charge in [0.2, 0.25) is 11.8 Å². The standard InChI is InChI=1S/C34H35F3N4O8/c1-19(2)28(30(44)34(35,36)37)40-33(47)29(22-7-11-24(48-3)12-8-22)41-32(46)26(16-20-5-4-6-21(15-20)17-38)39-31(45)23-9-13-25(14-10-23)49-18-27(42)43/h4-15,19,26,28-30,44H,16,18H2,1-3H3,(H,39,45)(H,40,47)(H,41,46)(H,42,43)/t26-,28-,29-,30-/m0/s1. The second kappa shape index (κ2) is 17.0. The molecule has 4 atom stereocenters. The first-order chi connectivity index (χ1) is 23.1. The van der Waals surface area contributed by atoms with Crippen molar-refractivity contribution in [3.63, 3.8) is 0 Å². The highest BCUT2D eigenvalue weighted by Gasteiger charge is 2.46. The van der Waals surface area contributed by atoms with Gasteiger partial charge in [0.05, 0.1) is 24.8 Å². The molecular weight excluding hydrogens is 649 g/mol. The molecule has 260 valence electrons. The smallest absolute Gasteiger partial charge is 0.416 e. The lowest BCUT2D eigenvalue weighted by molar-refractivity contribution is -0.215. The van der Waals surface area contributed by atoms with Crippen LogP contribution < -0.4 is 25.4 Å². The number of carboxylic acid groups (broad SMARTS) is 1. The van der Waals surface area contributed by atoms with Crippen molar-refractivity contribution in [1.82, 2.24) is 16.0 Å². The Morgan fingerprint density at radius 1 is 0.898 bits per heavy atom. The van der Waals surface area contributed by atoms with E-state index in [1.165, 1.54) is 81.6 Å². The van der Waals surface area contributed by atoms with E-state index in [0.29, 0.717) is 11.3 Å². The van der Waals surface area contributed by atoms with Crippen LogP contribution >= 0.6 is 0 Å². The van der Waals surface area contributed by atoms with Gasteiger partial charge in [0.1, 0.15) is 23.6 Å². The monoisotopic (exact) mass is 684 g/mol. The highest BCUT2D eigenvalue weighted by atomic mass is 19.4. The summed E-state index contributed by atoms with van der Waals surface area (Å²) >= 11 is 0. The van der Waals surface area contributed by atoms with Crippen LogP contribution in [0.25, 0.3) is 0 Å². The molecule has 0 fully saturated rings. The van der Waals surface area contributed by atoms with Gasteiger partial charge in [0.25, 0.3) is 5.91 Å². The number of hydrogen-bond acceptors (Lipinski definition) is 8. The van der Waals surface area contributed by atoms with Gasteiger partial charge in [0.15, 0.2) is 12.7 Å². The zero-order valence-electron chi connectivity index (χ0n) is 26.7. The highest BCUT2D eigenvalue weighted by Crippen LogP contribution is 2.27. The van der Waals surface area contributed by atoms with Gasteiger partial charge >= 0.3 is 12.1 Å². The Balaban J connectivity index is 1.96. The third-order valence-electron chi connectivity index (χ3n) is 7.30. The number of halogens is 3. The molecule has 0 aliphatic heterocycles. The molecule has 15 heteroatoms. The summed E-state index contributed by atoms with van der Waals surface area (Å²) in [5.41, 5.74) is 0.967. The molecule has 0 spiro atoms. The van der Waals surface area contributed by atoms with Crippen molar-refractivity contribution in [2.45, 2.75) is 50.7 Å². The van der Waals surface area contributed by atoms with Crippen molar-refractivity contribution in [1.29, 1.82) is 5.26 Å². The number of aliphatic hydroxyl groups excluding tert-OH is 1. The van der Waals surface area contributed by atoms with E-state index in [1.54, 1.807) is 12.1 Å². The maximum absolute atomic E-state index is 13.9. The van der Waals surface area contributed by atoms with Gasteiger partial charge in [-0.3, -0.25) is 14.4 Å². The number of alkyl halides is 3. The van der Waals surface area contributed by atoms with E-state index in [1.807, 2.05) is 6.07 Å². The molecule has 3 aromatic carbocycles. The zero-order chi connectivity index (χ0) is 36.3. The summed E-state index contributed by atoms with van der Waals surface area (Å²) in [4.78, 5) is 51.6. The normalized spacial score (nSPS) is 13.6. The molecule has 0 saturated carbocycles. The minimum Gasteiger partial charge on any atom is -0.497 e. The number of carboxylic acids is 1. The lowest BCUT2D eigenvalue weighted by atomic mass is 9.96. The van der Waals surface area contributed by atoms with E-state index < -0.39 is 66.6 Å². The predicted octanol–water partition coefficient (Wildman–Crippen LogP) is 3.29. The van der Waals surface area contributed by atoms with E-state index in [-0.39, 0.29) is 28.9 Å². The summed E-state index contributed by atoms with van der Waals surface area (Å²) in [6.45, 7) is 2.16. The molecule has 0 aromatic heterocycles. The number of nitriles is 1. The van der Waals surface area contributed by atoms with Crippen LogP contribution in [0.5, 0.6) is 11.5 Å². The molecule has 3 amide bonds. The number of benzene rings is 3. The van der Waals surface area contributed by atoms with Crippen LogP contribution in [0.4, 0.5) is 13.2 Å².